The lowest BCUT2D eigenvalue weighted by Crippen LogP contribution is -2.14. The number of carboxylic acid groups (broad SMARTS) is 1. The molecule has 1 aliphatic heterocycles. The first-order valence-electron chi connectivity index (χ1n) is 5.51. The van der Waals surface area contributed by atoms with Crippen molar-refractivity contribution in [3.8, 4) is 0 Å². The quantitative estimate of drug-likeness (QED) is 0.868. The van der Waals surface area contributed by atoms with Crippen molar-refractivity contribution in [2.45, 2.75) is 6.42 Å². The van der Waals surface area contributed by atoms with Crippen LogP contribution in [0, 0.1) is 11.7 Å². The van der Waals surface area contributed by atoms with Gasteiger partial charge in [0.15, 0.2) is 0 Å². The summed E-state index contributed by atoms with van der Waals surface area (Å²) >= 11 is 1.92. The van der Waals surface area contributed by atoms with Crippen LogP contribution in [0.5, 0.6) is 0 Å². The maximum atomic E-state index is 13.6. The van der Waals surface area contributed by atoms with Gasteiger partial charge in [-0.3, -0.25) is 0 Å². The minimum Gasteiger partial charge on any atom is -0.478 e. The average molecular weight is 255 g/mol. The topological polar surface area (TPSA) is 49.3 Å². The molecule has 1 unspecified atom stereocenters. The standard InChI is InChI=1S/C12H14FNO2S/c13-10-5-9(12(15)16)1-2-11(10)14-6-8-3-4-17-7-8/h1-2,5,8,14H,3-4,6-7H2,(H,15,16). The molecular formula is C12H14FNO2S. The molecule has 2 rings (SSSR count). The van der Waals surface area contributed by atoms with Gasteiger partial charge in [-0.1, -0.05) is 0 Å². The Morgan fingerprint density at radius 3 is 3.00 bits per heavy atom. The zero-order valence-corrected chi connectivity index (χ0v) is 10.1. The summed E-state index contributed by atoms with van der Waals surface area (Å²) in [7, 11) is 0. The second-order valence-electron chi connectivity index (χ2n) is 4.11. The molecule has 92 valence electrons. The molecule has 2 N–H and O–H groups in total. The molecule has 17 heavy (non-hydrogen) atoms. The lowest BCUT2D eigenvalue weighted by atomic mass is 10.1. The van der Waals surface area contributed by atoms with Crippen LogP contribution in [0.1, 0.15) is 16.8 Å². The first kappa shape index (κ1) is 12.2. The summed E-state index contributed by atoms with van der Waals surface area (Å²) in [6.07, 6.45) is 1.16. The number of nitrogens with one attached hydrogen (secondary N) is 1. The highest BCUT2D eigenvalue weighted by molar-refractivity contribution is 7.99. The fraction of sp³-hybridized carbons (Fsp3) is 0.417. The van der Waals surface area contributed by atoms with E-state index < -0.39 is 11.8 Å². The van der Waals surface area contributed by atoms with Crippen LogP contribution in [-0.2, 0) is 0 Å². The van der Waals surface area contributed by atoms with E-state index >= 15 is 0 Å². The number of thioether (sulfide) groups is 1. The molecule has 1 aliphatic rings. The summed E-state index contributed by atoms with van der Waals surface area (Å²) in [5.41, 5.74) is 0.358. The van der Waals surface area contributed by atoms with Gasteiger partial charge in [-0.05, 0) is 42.0 Å². The van der Waals surface area contributed by atoms with Gasteiger partial charge in [0.1, 0.15) is 5.82 Å². The van der Waals surface area contributed by atoms with Crippen molar-refractivity contribution in [2.75, 3.05) is 23.4 Å². The molecule has 1 heterocycles. The maximum Gasteiger partial charge on any atom is 0.335 e. The number of halogens is 1. The Bertz CT molecular complexity index is 419. The number of carbonyl (C=O) groups is 1. The molecule has 0 radical (unpaired) electrons. The SMILES string of the molecule is O=C(O)c1ccc(NCC2CCSC2)c(F)c1. The number of hydrogen-bond donors (Lipinski definition) is 2. The van der Waals surface area contributed by atoms with Gasteiger partial charge in [0.05, 0.1) is 11.3 Å². The average Bonchev–Trinajstić information content (AvgIpc) is 2.80. The third-order valence-electron chi connectivity index (χ3n) is 2.82. The van der Waals surface area contributed by atoms with Crippen LogP contribution >= 0.6 is 11.8 Å². The molecule has 1 aromatic carbocycles. The number of hydrogen-bond acceptors (Lipinski definition) is 3. The highest BCUT2D eigenvalue weighted by atomic mass is 32.2. The van der Waals surface area contributed by atoms with Gasteiger partial charge in [0, 0.05) is 6.54 Å². The molecule has 0 aliphatic carbocycles. The Kier molecular flexibility index (Phi) is 3.89. The zero-order valence-electron chi connectivity index (χ0n) is 9.28. The molecule has 3 nitrogen and oxygen atoms in total. The highest BCUT2D eigenvalue weighted by Crippen LogP contribution is 2.24. The van der Waals surface area contributed by atoms with E-state index in [2.05, 4.69) is 5.32 Å². The van der Waals surface area contributed by atoms with Crippen LogP contribution in [-0.4, -0.2) is 29.1 Å². The van der Waals surface area contributed by atoms with Crippen molar-refractivity contribution in [3.63, 3.8) is 0 Å². The van der Waals surface area contributed by atoms with Crippen LogP contribution in [0.15, 0.2) is 18.2 Å². The Morgan fingerprint density at radius 1 is 1.59 bits per heavy atom. The van der Waals surface area contributed by atoms with E-state index in [1.54, 1.807) is 0 Å². The van der Waals surface area contributed by atoms with Gasteiger partial charge < -0.3 is 10.4 Å². The van der Waals surface area contributed by atoms with Crippen molar-refractivity contribution >= 4 is 23.4 Å². The third-order valence-corrected chi connectivity index (χ3v) is 4.05. The first-order valence-corrected chi connectivity index (χ1v) is 6.67. The lowest BCUT2D eigenvalue weighted by Gasteiger charge is -2.12. The molecular weight excluding hydrogens is 241 g/mol. The molecule has 0 bridgehead atoms. The number of rotatable bonds is 4. The Morgan fingerprint density at radius 2 is 2.41 bits per heavy atom. The Labute approximate surface area is 103 Å². The van der Waals surface area contributed by atoms with Gasteiger partial charge in [-0.2, -0.15) is 11.8 Å². The summed E-state index contributed by atoms with van der Waals surface area (Å²) in [6, 6.07) is 3.95. The van der Waals surface area contributed by atoms with E-state index in [0.717, 1.165) is 24.8 Å². The van der Waals surface area contributed by atoms with Crippen molar-refractivity contribution in [2.24, 2.45) is 5.92 Å². The van der Waals surface area contributed by atoms with Crippen LogP contribution in [0.4, 0.5) is 10.1 Å². The van der Waals surface area contributed by atoms with E-state index in [4.69, 9.17) is 5.11 Å². The van der Waals surface area contributed by atoms with E-state index in [-0.39, 0.29) is 5.56 Å². The van der Waals surface area contributed by atoms with Gasteiger partial charge in [0.2, 0.25) is 0 Å². The van der Waals surface area contributed by atoms with Crippen molar-refractivity contribution in [3.05, 3.63) is 29.6 Å². The summed E-state index contributed by atoms with van der Waals surface area (Å²) in [5.74, 6) is 1.26. The van der Waals surface area contributed by atoms with E-state index in [1.165, 1.54) is 17.9 Å². The van der Waals surface area contributed by atoms with Crippen LogP contribution in [0.2, 0.25) is 0 Å². The summed E-state index contributed by atoms with van der Waals surface area (Å²) in [4.78, 5) is 10.6. The Balaban J connectivity index is 1.98. The largest absolute Gasteiger partial charge is 0.478 e. The summed E-state index contributed by atoms with van der Waals surface area (Å²) < 4.78 is 13.6. The normalized spacial score (nSPS) is 19.2. The van der Waals surface area contributed by atoms with Gasteiger partial charge in [-0.25, -0.2) is 9.18 Å². The van der Waals surface area contributed by atoms with E-state index in [9.17, 15) is 9.18 Å². The van der Waals surface area contributed by atoms with E-state index in [0.29, 0.717) is 11.6 Å². The highest BCUT2D eigenvalue weighted by Gasteiger charge is 2.16. The fourth-order valence-electron chi connectivity index (χ4n) is 1.79. The van der Waals surface area contributed by atoms with Crippen molar-refractivity contribution < 1.29 is 14.3 Å². The minimum absolute atomic E-state index is 0.0236. The van der Waals surface area contributed by atoms with Crippen molar-refractivity contribution in [1.29, 1.82) is 0 Å². The van der Waals surface area contributed by atoms with Crippen LogP contribution in [0.3, 0.4) is 0 Å². The van der Waals surface area contributed by atoms with Crippen LogP contribution < -0.4 is 5.32 Å². The van der Waals surface area contributed by atoms with Gasteiger partial charge in [0.25, 0.3) is 0 Å². The molecule has 0 aromatic heterocycles. The molecule has 1 atom stereocenters. The van der Waals surface area contributed by atoms with Crippen LogP contribution in [0.25, 0.3) is 0 Å². The van der Waals surface area contributed by atoms with Crippen molar-refractivity contribution in [1.82, 2.24) is 0 Å². The van der Waals surface area contributed by atoms with E-state index in [1.807, 2.05) is 11.8 Å². The number of benzene rings is 1. The fourth-order valence-corrected chi connectivity index (χ4v) is 3.07. The zero-order chi connectivity index (χ0) is 12.3. The van der Waals surface area contributed by atoms with Gasteiger partial charge >= 0.3 is 5.97 Å². The monoisotopic (exact) mass is 255 g/mol. The summed E-state index contributed by atoms with van der Waals surface area (Å²) in [6.45, 7) is 0.746. The summed E-state index contributed by atoms with van der Waals surface area (Å²) in [5, 5.41) is 11.8. The first-order chi connectivity index (χ1) is 8.16. The molecule has 0 saturated carbocycles. The minimum atomic E-state index is -1.11. The Hall–Kier alpha value is -1.23. The predicted molar refractivity (Wildman–Crippen MR) is 67.3 cm³/mol. The number of carboxylic acids is 1. The number of anilines is 1. The molecule has 1 fully saturated rings. The molecule has 1 aromatic rings. The second-order valence-corrected chi connectivity index (χ2v) is 5.26. The lowest BCUT2D eigenvalue weighted by molar-refractivity contribution is 0.0696. The predicted octanol–water partition coefficient (Wildman–Crippen LogP) is 2.69. The smallest absolute Gasteiger partial charge is 0.335 e. The van der Waals surface area contributed by atoms with Gasteiger partial charge in [-0.15, -0.1) is 0 Å². The molecule has 5 heteroatoms. The number of aromatic carboxylic acids is 1. The third kappa shape index (κ3) is 3.12. The second kappa shape index (κ2) is 5.40. The molecule has 0 amide bonds. The molecule has 1 saturated heterocycles. The molecule has 0 spiro atoms. The maximum absolute atomic E-state index is 13.6.